The highest BCUT2D eigenvalue weighted by Gasteiger charge is 2.34. The van der Waals surface area contributed by atoms with Crippen LogP contribution in [0.1, 0.15) is 38.3 Å². The summed E-state index contributed by atoms with van der Waals surface area (Å²) in [5.74, 6) is -0.363. The number of aromatic nitrogens is 1. The van der Waals surface area contributed by atoms with Crippen molar-refractivity contribution in [3.8, 4) is 0 Å². The number of hydrogen-bond donors (Lipinski definition) is 0. The quantitative estimate of drug-likeness (QED) is 0.461. The zero-order valence-corrected chi connectivity index (χ0v) is 16.6. The van der Waals surface area contributed by atoms with Gasteiger partial charge in [-0.1, -0.05) is 35.4 Å². The van der Waals surface area contributed by atoms with Crippen LogP contribution in [-0.4, -0.2) is 27.8 Å². The van der Waals surface area contributed by atoms with Gasteiger partial charge >= 0.3 is 0 Å². The number of benzene rings is 3. The fourth-order valence-electron chi connectivity index (χ4n) is 4.40. The van der Waals surface area contributed by atoms with E-state index >= 15 is 0 Å². The van der Waals surface area contributed by atoms with Crippen LogP contribution in [0.3, 0.4) is 0 Å². The molecule has 5 rings (SSSR count). The van der Waals surface area contributed by atoms with Crippen molar-refractivity contribution in [3.63, 3.8) is 0 Å². The Morgan fingerprint density at radius 2 is 1.21 bits per heavy atom. The smallest absolute Gasteiger partial charge is 0.261 e. The van der Waals surface area contributed by atoms with Crippen LogP contribution in [0.2, 0.25) is 0 Å². The Morgan fingerprint density at radius 3 is 1.72 bits per heavy atom. The zero-order valence-electron chi connectivity index (χ0n) is 16.6. The molecule has 0 saturated carbocycles. The number of hydrogen-bond acceptors (Lipinski definition) is 2. The molecule has 0 N–H and O–H groups in total. The fourth-order valence-corrected chi connectivity index (χ4v) is 4.40. The second kappa shape index (κ2) is 6.59. The molecule has 0 saturated heterocycles. The third kappa shape index (κ3) is 2.75. The summed E-state index contributed by atoms with van der Waals surface area (Å²) in [6.45, 7) is 5.39. The van der Waals surface area contributed by atoms with Crippen LogP contribution < -0.4 is 0 Å². The molecule has 0 unspecified atom stereocenters. The van der Waals surface area contributed by atoms with Gasteiger partial charge in [-0.05, 0) is 56.7 Å². The van der Waals surface area contributed by atoms with Crippen LogP contribution in [0.5, 0.6) is 0 Å². The van der Waals surface area contributed by atoms with Crippen molar-refractivity contribution in [2.45, 2.75) is 26.8 Å². The summed E-state index contributed by atoms with van der Waals surface area (Å²) in [6.07, 6.45) is 0.714. The number of imide groups is 1. The second-order valence-electron chi connectivity index (χ2n) is 7.85. The number of rotatable bonds is 4. The second-order valence-corrected chi connectivity index (χ2v) is 7.85. The van der Waals surface area contributed by atoms with E-state index in [0.717, 1.165) is 6.54 Å². The van der Waals surface area contributed by atoms with Gasteiger partial charge in [0.05, 0.1) is 11.1 Å². The SMILES string of the molecule is Cc1ccc2c(c1)c1cc(C)ccc1n2CCCN1C(=O)c2ccccc2C1=O. The highest BCUT2D eigenvalue weighted by molar-refractivity contribution is 6.21. The van der Waals surface area contributed by atoms with E-state index in [9.17, 15) is 9.59 Å². The number of carbonyl (C=O) groups excluding carboxylic acids is 2. The Bertz CT molecular complexity index is 1200. The number of amides is 2. The van der Waals surface area contributed by atoms with Gasteiger partial charge in [0.2, 0.25) is 0 Å². The predicted octanol–water partition coefficient (Wildman–Crippen LogP) is 5.10. The van der Waals surface area contributed by atoms with Gasteiger partial charge in [-0.2, -0.15) is 0 Å². The molecule has 4 aromatic rings. The monoisotopic (exact) mass is 382 g/mol. The van der Waals surface area contributed by atoms with Crippen molar-refractivity contribution >= 4 is 33.6 Å². The van der Waals surface area contributed by atoms with Crippen LogP contribution in [0.25, 0.3) is 21.8 Å². The summed E-state index contributed by atoms with van der Waals surface area (Å²) in [5, 5.41) is 2.51. The van der Waals surface area contributed by atoms with E-state index in [1.165, 1.54) is 37.8 Å². The summed E-state index contributed by atoms with van der Waals surface area (Å²) < 4.78 is 2.31. The summed E-state index contributed by atoms with van der Waals surface area (Å²) in [5.41, 5.74) is 5.89. The minimum atomic E-state index is -0.181. The first-order valence-corrected chi connectivity index (χ1v) is 9.99. The molecule has 1 aliphatic rings. The number of nitrogens with zero attached hydrogens (tertiary/aromatic N) is 2. The van der Waals surface area contributed by atoms with E-state index in [1.54, 1.807) is 24.3 Å². The van der Waals surface area contributed by atoms with Gasteiger partial charge < -0.3 is 4.57 Å². The first-order valence-electron chi connectivity index (χ1n) is 9.99. The van der Waals surface area contributed by atoms with E-state index in [1.807, 2.05) is 0 Å². The van der Waals surface area contributed by atoms with E-state index in [4.69, 9.17) is 0 Å². The summed E-state index contributed by atoms with van der Waals surface area (Å²) >= 11 is 0. The molecule has 0 fully saturated rings. The summed E-state index contributed by atoms with van der Waals surface area (Å²) in [7, 11) is 0. The Labute approximate surface area is 169 Å². The molecule has 1 aromatic heterocycles. The van der Waals surface area contributed by atoms with Crippen LogP contribution in [0.4, 0.5) is 0 Å². The maximum Gasteiger partial charge on any atom is 0.261 e. The average Bonchev–Trinajstić information content (AvgIpc) is 3.15. The molecule has 2 amide bonds. The Hall–Kier alpha value is -3.40. The molecular weight excluding hydrogens is 360 g/mol. The highest BCUT2D eigenvalue weighted by Crippen LogP contribution is 2.31. The maximum atomic E-state index is 12.6. The van der Waals surface area contributed by atoms with Gasteiger partial charge in [0.1, 0.15) is 0 Å². The lowest BCUT2D eigenvalue weighted by atomic mass is 10.1. The van der Waals surface area contributed by atoms with E-state index in [0.29, 0.717) is 24.1 Å². The van der Waals surface area contributed by atoms with Crippen molar-refractivity contribution in [2.75, 3.05) is 6.54 Å². The van der Waals surface area contributed by atoms with Crippen molar-refractivity contribution in [1.82, 2.24) is 9.47 Å². The Kier molecular flexibility index (Phi) is 4.02. The van der Waals surface area contributed by atoms with Gasteiger partial charge in [0, 0.05) is 34.9 Å². The molecule has 0 radical (unpaired) electrons. The molecule has 4 heteroatoms. The van der Waals surface area contributed by atoms with Gasteiger partial charge in [-0.15, -0.1) is 0 Å². The van der Waals surface area contributed by atoms with E-state index < -0.39 is 0 Å². The molecule has 29 heavy (non-hydrogen) atoms. The number of carbonyl (C=O) groups is 2. The number of aryl methyl sites for hydroxylation is 3. The summed E-state index contributed by atoms with van der Waals surface area (Å²) in [4.78, 5) is 26.6. The minimum absolute atomic E-state index is 0.181. The molecule has 4 nitrogen and oxygen atoms in total. The topological polar surface area (TPSA) is 42.3 Å². The van der Waals surface area contributed by atoms with Gasteiger partial charge in [0.25, 0.3) is 11.8 Å². The predicted molar refractivity (Wildman–Crippen MR) is 115 cm³/mol. The standard InChI is InChI=1S/C25H22N2O2/c1-16-8-10-22-20(14-16)21-15-17(2)9-11-23(21)26(22)12-5-13-27-24(28)18-6-3-4-7-19(18)25(27)29/h3-4,6-11,14-15H,5,12-13H2,1-2H3. The maximum absolute atomic E-state index is 12.6. The first-order chi connectivity index (χ1) is 14.0. The molecule has 0 spiro atoms. The van der Waals surface area contributed by atoms with E-state index in [2.05, 4.69) is 54.8 Å². The zero-order chi connectivity index (χ0) is 20.1. The summed E-state index contributed by atoms with van der Waals surface area (Å²) in [6, 6.07) is 20.1. The lowest BCUT2D eigenvalue weighted by Gasteiger charge is -2.15. The third-order valence-electron chi connectivity index (χ3n) is 5.82. The minimum Gasteiger partial charge on any atom is -0.340 e. The average molecular weight is 382 g/mol. The molecule has 0 aliphatic carbocycles. The van der Waals surface area contributed by atoms with Crippen molar-refractivity contribution < 1.29 is 9.59 Å². The van der Waals surface area contributed by atoms with Gasteiger partial charge in [0.15, 0.2) is 0 Å². The first kappa shape index (κ1) is 17.7. The van der Waals surface area contributed by atoms with E-state index in [-0.39, 0.29) is 11.8 Å². The molecule has 1 aliphatic heterocycles. The largest absolute Gasteiger partial charge is 0.340 e. The van der Waals surface area contributed by atoms with Gasteiger partial charge in [-0.3, -0.25) is 14.5 Å². The lowest BCUT2D eigenvalue weighted by molar-refractivity contribution is 0.0651. The molecule has 0 bridgehead atoms. The Morgan fingerprint density at radius 1 is 0.690 bits per heavy atom. The molecular formula is C25H22N2O2. The van der Waals surface area contributed by atoms with Crippen LogP contribution in [0.15, 0.2) is 60.7 Å². The van der Waals surface area contributed by atoms with Gasteiger partial charge in [-0.25, -0.2) is 0 Å². The Balaban J connectivity index is 1.44. The molecule has 144 valence electrons. The molecule has 0 atom stereocenters. The normalized spacial score (nSPS) is 13.7. The lowest BCUT2D eigenvalue weighted by Crippen LogP contribution is -2.31. The van der Waals surface area contributed by atoms with Crippen molar-refractivity contribution in [1.29, 1.82) is 0 Å². The van der Waals surface area contributed by atoms with Crippen LogP contribution in [0, 0.1) is 13.8 Å². The fraction of sp³-hybridized carbons (Fsp3) is 0.200. The highest BCUT2D eigenvalue weighted by atomic mass is 16.2. The van der Waals surface area contributed by atoms with Crippen LogP contribution in [-0.2, 0) is 6.54 Å². The molecule has 3 aromatic carbocycles. The van der Waals surface area contributed by atoms with Crippen molar-refractivity contribution in [3.05, 3.63) is 82.9 Å². The number of fused-ring (bicyclic) bond motifs is 4. The molecule has 2 heterocycles. The van der Waals surface area contributed by atoms with Crippen molar-refractivity contribution in [2.24, 2.45) is 0 Å². The van der Waals surface area contributed by atoms with Crippen LogP contribution >= 0.6 is 0 Å². The third-order valence-corrected chi connectivity index (χ3v) is 5.82.